The molecular formula is C26H34N2O2. The van der Waals surface area contributed by atoms with Gasteiger partial charge in [0.25, 0.3) is 0 Å². The third-order valence-corrected chi connectivity index (χ3v) is 6.16. The van der Waals surface area contributed by atoms with Crippen molar-refractivity contribution in [3.8, 4) is 0 Å². The molecule has 4 nitrogen and oxygen atoms in total. The first kappa shape index (κ1) is 22.1. The number of nitrogens with zero attached hydrogens (tertiary/aromatic N) is 1. The number of rotatable bonds is 8. The van der Waals surface area contributed by atoms with Crippen molar-refractivity contribution in [3.63, 3.8) is 0 Å². The van der Waals surface area contributed by atoms with E-state index in [2.05, 4.69) is 24.4 Å². The molecule has 0 aromatic heterocycles. The van der Waals surface area contributed by atoms with E-state index in [0.717, 1.165) is 29.5 Å². The van der Waals surface area contributed by atoms with Crippen molar-refractivity contribution in [1.29, 1.82) is 0 Å². The van der Waals surface area contributed by atoms with Crippen LogP contribution in [-0.4, -0.2) is 28.8 Å². The lowest BCUT2D eigenvalue weighted by molar-refractivity contribution is -0.141. The van der Waals surface area contributed by atoms with Crippen LogP contribution in [0.15, 0.2) is 48.5 Å². The molecule has 1 fully saturated rings. The van der Waals surface area contributed by atoms with Crippen molar-refractivity contribution in [2.45, 2.75) is 77.9 Å². The van der Waals surface area contributed by atoms with E-state index in [0.29, 0.717) is 19.4 Å². The van der Waals surface area contributed by atoms with E-state index in [1.165, 1.54) is 18.4 Å². The zero-order valence-corrected chi connectivity index (χ0v) is 18.5. The highest BCUT2D eigenvalue weighted by molar-refractivity contribution is 5.88. The molecule has 30 heavy (non-hydrogen) atoms. The van der Waals surface area contributed by atoms with E-state index in [1.54, 1.807) is 4.90 Å². The number of hydrogen-bond donors (Lipinski definition) is 1. The highest BCUT2D eigenvalue weighted by Gasteiger charge is 2.30. The smallest absolute Gasteiger partial charge is 0.243 e. The lowest BCUT2D eigenvalue weighted by Crippen LogP contribution is -2.51. The van der Waals surface area contributed by atoms with Crippen LogP contribution < -0.4 is 5.32 Å². The second-order valence-corrected chi connectivity index (χ2v) is 8.52. The normalized spacial score (nSPS) is 15.0. The summed E-state index contributed by atoms with van der Waals surface area (Å²) in [4.78, 5) is 28.3. The van der Waals surface area contributed by atoms with Gasteiger partial charge in [-0.2, -0.15) is 0 Å². The number of nitrogens with one attached hydrogen (secondary N) is 1. The Morgan fingerprint density at radius 1 is 1.03 bits per heavy atom. The highest BCUT2D eigenvalue weighted by atomic mass is 16.2. The van der Waals surface area contributed by atoms with E-state index in [9.17, 15) is 9.59 Å². The fraction of sp³-hybridized carbons (Fsp3) is 0.462. The Hall–Kier alpha value is -2.62. The topological polar surface area (TPSA) is 49.4 Å². The number of aryl methyl sites for hydroxylation is 2. The van der Waals surface area contributed by atoms with E-state index < -0.39 is 6.04 Å². The number of carbonyl (C=O) groups is 2. The second-order valence-electron chi connectivity index (χ2n) is 8.52. The van der Waals surface area contributed by atoms with E-state index >= 15 is 0 Å². The Kier molecular flexibility index (Phi) is 7.67. The molecule has 160 valence electrons. The molecule has 4 heteroatoms. The van der Waals surface area contributed by atoms with Gasteiger partial charge in [0.2, 0.25) is 11.8 Å². The predicted molar refractivity (Wildman–Crippen MR) is 121 cm³/mol. The van der Waals surface area contributed by atoms with Crippen molar-refractivity contribution < 1.29 is 9.59 Å². The van der Waals surface area contributed by atoms with Crippen LogP contribution in [-0.2, 0) is 22.6 Å². The minimum atomic E-state index is -0.455. The molecule has 1 saturated carbocycles. The van der Waals surface area contributed by atoms with Gasteiger partial charge in [-0.05, 0) is 49.8 Å². The molecule has 3 rings (SSSR count). The first-order valence-electron chi connectivity index (χ1n) is 11.2. The van der Waals surface area contributed by atoms with Crippen molar-refractivity contribution in [2.24, 2.45) is 0 Å². The Morgan fingerprint density at radius 3 is 2.33 bits per heavy atom. The first-order valence-corrected chi connectivity index (χ1v) is 11.2. The molecule has 0 spiro atoms. The van der Waals surface area contributed by atoms with E-state index in [4.69, 9.17) is 0 Å². The average Bonchev–Trinajstić information content (AvgIpc) is 3.24. The molecule has 2 amide bonds. The molecule has 1 aliphatic carbocycles. The molecule has 1 N–H and O–H groups in total. The summed E-state index contributed by atoms with van der Waals surface area (Å²) in [5, 5.41) is 3.20. The molecule has 0 aliphatic heterocycles. The van der Waals surface area contributed by atoms with Crippen LogP contribution in [0.5, 0.6) is 0 Å². The molecule has 0 saturated heterocycles. The van der Waals surface area contributed by atoms with Crippen LogP contribution in [0.1, 0.15) is 61.3 Å². The van der Waals surface area contributed by atoms with Gasteiger partial charge in [-0.3, -0.25) is 9.59 Å². The number of amides is 2. The Labute approximate surface area is 180 Å². The van der Waals surface area contributed by atoms with Gasteiger partial charge in [-0.1, -0.05) is 73.9 Å². The van der Waals surface area contributed by atoms with Crippen LogP contribution in [0, 0.1) is 13.8 Å². The van der Waals surface area contributed by atoms with Gasteiger partial charge in [-0.15, -0.1) is 0 Å². The van der Waals surface area contributed by atoms with E-state index in [1.807, 2.05) is 50.2 Å². The monoisotopic (exact) mass is 406 g/mol. The molecule has 0 unspecified atom stereocenters. The largest absolute Gasteiger partial charge is 0.352 e. The molecule has 2 aromatic rings. The maximum atomic E-state index is 13.4. The molecule has 0 bridgehead atoms. The van der Waals surface area contributed by atoms with Crippen molar-refractivity contribution in [2.75, 3.05) is 0 Å². The standard InChI is InChI=1S/C26H34N2O2/c1-4-24(26(30)27-23-11-7-8-12-23)28(18-21-15-13-19(2)14-16-21)25(29)17-22-10-6-5-9-20(22)3/h5-6,9-10,13-16,23-24H,4,7-8,11-12,17-18H2,1-3H3,(H,27,30)/t24-/m0/s1. The number of benzene rings is 2. The third kappa shape index (κ3) is 5.71. The van der Waals surface area contributed by atoms with Gasteiger partial charge >= 0.3 is 0 Å². The maximum Gasteiger partial charge on any atom is 0.243 e. The van der Waals surface area contributed by atoms with Crippen LogP contribution in [0.2, 0.25) is 0 Å². The van der Waals surface area contributed by atoms with Crippen LogP contribution in [0.3, 0.4) is 0 Å². The van der Waals surface area contributed by atoms with Crippen LogP contribution in [0.4, 0.5) is 0 Å². The summed E-state index contributed by atoms with van der Waals surface area (Å²) in [7, 11) is 0. The Morgan fingerprint density at radius 2 is 1.70 bits per heavy atom. The Bertz CT molecular complexity index is 854. The summed E-state index contributed by atoms with van der Waals surface area (Å²) in [6.45, 7) is 6.51. The zero-order chi connectivity index (χ0) is 21.5. The molecule has 1 atom stereocenters. The molecule has 1 aliphatic rings. The van der Waals surface area contributed by atoms with Crippen LogP contribution in [0.25, 0.3) is 0 Å². The summed E-state index contributed by atoms with van der Waals surface area (Å²) in [6.07, 6.45) is 5.33. The molecule has 0 heterocycles. The number of carbonyl (C=O) groups excluding carboxylic acids is 2. The van der Waals surface area contributed by atoms with Gasteiger partial charge in [0.15, 0.2) is 0 Å². The lowest BCUT2D eigenvalue weighted by Gasteiger charge is -2.32. The zero-order valence-electron chi connectivity index (χ0n) is 18.5. The lowest BCUT2D eigenvalue weighted by atomic mass is 10.0. The summed E-state index contributed by atoms with van der Waals surface area (Å²) < 4.78 is 0. The molecule has 2 aromatic carbocycles. The molecular weight excluding hydrogens is 372 g/mol. The summed E-state index contributed by atoms with van der Waals surface area (Å²) in [5.41, 5.74) is 4.35. The predicted octanol–water partition coefficient (Wildman–Crippen LogP) is 4.71. The van der Waals surface area contributed by atoms with Gasteiger partial charge in [-0.25, -0.2) is 0 Å². The van der Waals surface area contributed by atoms with Gasteiger partial charge in [0.1, 0.15) is 6.04 Å². The highest BCUT2D eigenvalue weighted by Crippen LogP contribution is 2.20. The maximum absolute atomic E-state index is 13.4. The fourth-order valence-electron chi connectivity index (χ4n) is 4.25. The summed E-state index contributed by atoms with van der Waals surface area (Å²) >= 11 is 0. The quantitative estimate of drug-likeness (QED) is 0.690. The van der Waals surface area contributed by atoms with Crippen LogP contribution >= 0.6 is 0 Å². The molecule has 0 radical (unpaired) electrons. The van der Waals surface area contributed by atoms with Gasteiger partial charge in [0.05, 0.1) is 6.42 Å². The average molecular weight is 407 g/mol. The van der Waals surface area contributed by atoms with Crippen molar-refractivity contribution in [1.82, 2.24) is 10.2 Å². The second kappa shape index (κ2) is 10.4. The SMILES string of the molecule is CC[C@@H](C(=O)NC1CCCC1)N(Cc1ccc(C)cc1)C(=O)Cc1ccccc1C. The summed E-state index contributed by atoms with van der Waals surface area (Å²) in [5.74, 6) is -0.0204. The third-order valence-electron chi connectivity index (χ3n) is 6.16. The Balaban J connectivity index is 1.82. The summed E-state index contributed by atoms with van der Waals surface area (Å²) in [6, 6.07) is 16.0. The van der Waals surface area contributed by atoms with Crippen molar-refractivity contribution in [3.05, 3.63) is 70.8 Å². The minimum Gasteiger partial charge on any atom is -0.352 e. The van der Waals surface area contributed by atoms with Gasteiger partial charge in [0, 0.05) is 12.6 Å². The first-order chi connectivity index (χ1) is 14.5. The van der Waals surface area contributed by atoms with Crippen molar-refractivity contribution >= 4 is 11.8 Å². The van der Waals surface area contributed by atoms with E-state index in [-0.39, 0.29) is 17.9 Å². The number of hydrogen-bond acceptors (Lipinski definition) is 2. The van der Waals surface area contributed by atoms with Gasteiger partial charge < -0.3 is 10.2 Å². The minimum absolute atomic E-state index is 0.00158. The fourth-order valence-corrected chi connectivity index (χ4v) is 4.25.